The van der Waals surface area contributed by atoms with E-state index in [1.165, 1.54) is 44.3 Å². The van der Waals surface area contributed by atoms with Crippen LogP contribution in [0.25, 0.3) is 5.76 Å². The van der Waals surface area contributed by atoms with Crippen molar-refractivity contribution in [3.8, 4) is 5.75 Å². The van der Waals surface area contributed by atoms with Crippen molar-refractivity contribution in [1.29, 1.82) is 0 Å². The first-order valence-corrected chi connectivity index (χ1v) is 15.8. The topological polar surface area (TPSA) is 188 Å². The van der Waals surface area contributed by atoms with Crippen molar-refractivity contribution >= 4 is 29.2 Å². The molecule has 0 radical (unpaired) electrons. The number of amides is 1. The molecular formula is C34H40N2O9. The number of hydrogen-bond donors (Lipinski definition) is 5. The summed E-state index contributed by atoms with van der Waals surface area (Å²) in [5.74, 6) is -7.58. The molecule has 8 rings (SSSR count). The molecule has 0 aliphatic heterocycles. The number of nitrogens with zero attached hydrogens (tertiary/aromatic N) is 1. The van der Waals surface area contributed by atoms with Crippen LogP contribution >= 0.6 is 0 Å². The van der Waals surface area contributed by atoms with Gasteiger partial charge >= 0.3 is 5.97 Å². The third-order valence-corrected chi connectivity index (χ3v) is 11.9. The van der Waals surface area contributed by atoms with E-state index in [0.717, 1.165) is 19.3 Å². The number of primary amides is 1. The number of esters is 1. The van der Waals surface area contributed by atoms with Gasteiger partial charge in [0.15, 0.2) is 11.4 Å². The molecule has 0 unspecified atom stereocenters. The molecular weight excluding hydrogens is 580 g/mol. The second kappa shape index (κ2) is 9.90. The number of rotatable bonds is 5. The van der Waals surface area contributed by atoms with Crippen LogP contribution in [0, 0.1) is 35.0 Å². The predicted molar refractivity (Wildman–Crippen MR) is 159 cm³/mol. The van der Waals surface area contributed by atoms with Crippen LogP contribution in [-0.4, -0.2) is 80.6 Å². The molecule has 1 amide bonds. The van der Waals surface area contributed by atoms with Gasteiger partial charge in [0.25, 0.3) is 5.91 Å². The van der Waals surface area contributed by atoms with Crippen LogP contribution < -0.4 is 5.73 Å². The van der Waals surface area contributed by atoms with Crippen LogP contribution in [-0.2, 0) is 23.9 Å². The van der Waals surface area contributed by atoms with Crippen LogP contribution in [0.1, 0.15) is 68.9 Å². The van der Waals surface area contributed by atoms with E-state index in [9.17, 15) is 39.6 Å². The van der Waals surface area contributed by atoms with E-state index in [0.29, 0.717) is 23.3 Å². The van der Waals surface area contributed by atoms with E-state index in [4.69, 9.17) is 10.5 Å². The van der Waals surface area contributed by atoms with Crippen molar-refractivity contribution in [2.75, 3.05) is 14.1 Å². The zero-order valence-electron chi connectivity index (χ0n) is 25.7. The first kappa shape index (κ1) is 30.0. The highest BCUT2D eigenvalue weighted by Gasteiger charge is 2.69. The number of Topliss-reactive ketones (excluding diaryl/α,β-unsaturated/α-hetero) is 2. The fourth-order valence-corrected chi connectivity index (χ4v) is 10.7. The lowest BCUT2D eigenvalue weighted by molar-refractivity contribution is -0.188. The number of phenols is 1. The van der Waals surface area contributed by atoms with E-state index < -0.39 is 76.0 Å². The number of ether oxygens (including phenoxy) is 1. The number of nitrogens with two attached hydrogens (primary N) is 1. The van der Waals surface area contributed by atoms with Gasteiger partial charge in [-0.15, -0.1) is 0 Å². The monoisotopic (exact) mass is 620 g/mol. The molecule has 45 heavy (non-hydrogen) atoms. The Morgan fingerprint density at radius 1 is 1.02 bits per heavy atom. The summed E-state index contributed by atoms with van der Waals surface area (Å²) in [5, 5.41) is 45.9. The quantitative estimate of drug-likeness (QED) is 0.242. The summed E-state index contributed by atoms with van der Waals surface area (Å²) in [6.07, 6.45) is 5.14. The van der Waals surface area contributed by atoms with Gasteiger partial charge in [-0.05, 0) is 93.3 Å². The van der Waals surface area contributed by atoms with Crippen molar-refractivity contribution < 1.29 is 44.3 Å². The molecule has 1 aromatic carbocycles. The maximum absolute atomic E-state index is 14.4. The van der Waals surface area contributed by atoms with E-state index in [2.05, 4.69) is 0 Å². The average molecular weight is 621 g/mol. The van der Waals surface area contributed by atoms with Gasteiger partial charge in [-0.1, -0.05) is 19.1 Å². The van der Waals surface area contributed by atoms with Gasteiger partial charge in [0.05, 0.1) is 23.9 Å². The van der Waals surface area contributed by atoms with Gasteiger partial charge in [0, 0.05) is 11.5 Å². The lowest BCUT2D eigenvalue weighted by Crippen LogP contribution is -2.71. The zero-order chi connectivity index (χ0) is 32.3. The van der Waals surface area contributed by atoms with Crippen molar-refractivity contribution in [3.05, 3.63) is 46.2 Å². The summed E-state index contributed by atoms with van der Waals surface area (Å²) >= 11 is 0. The molecule has 11 heteroatoms. The summed E-state index contributed by atoms with van der Waals surface area (Å²) in [6, 6.07) is 3.24. The Labute approximate surface area is 260 Å². The van der Waals surface area contributed by atoms with E-state index in [1.807, 2.05) is 0 Å². The van der Waals surface area contributed by atoms with Crippen LogP contribution in [0.2, 0.25) is 0 Å². The highest BCUT2D eigenvalue weighted by molar-refractivity contribution is 6.24. The summed E-state index contributed by atoms with van der Waals surface area (Å²) in [5.41, 5.74) is 1.53. The Balaban J connectivity index is 1.38. The Morgan fingerprint density at radius 3 is 2.18 bits per heavy atom. The molecule has 7 aliphatic carbocycles. The largest absolute Gasteiger partial charge is 0.508 e. The van der Waals surface area contributed by atoms with E-state index in [-0.39, 0.29) is 28.7 Å². The molecule has 5 saturated carbocycles. The van der Waals surface area contributed by atoms with Gasteiger partial charge in [0.2, 0.25) is 5.78 Å². The van der Waals surface area contributed by atoms with Gasteiger partial charge < -0.3 is 30.9 Å². The highest BCUT2D eigenvalue weighted by atomic mass is 16.5. The number of hydrogen-bond acceptors (Lipinski definition) is 10. The average Bonchev–Trinajstić information content (AvgIpc) is 2.93. The Morgan fingerprint density at radius 2 is 1.62 bits per heavy atom. The van der Waals surface area contributed by atoms with Crippen LogP contribution in [0.5, 0.6) is 5.75 Å². The number of ketones is 2. The maximum Gasteiger partial charge on any atom is 0.306 e. The summed E-state index contributed by atoms with van der Waals surface area (Å²) in [6.45, 7) is 1.76. The van der Waals surface area contributed by atoms with Crippen molar-refractivity contribution in [3.63, 3.8) is 0 Å². The number of carbonyl (C=O) groups excluding carboxylic acids is 4. The smallest absolute Gasteiger partial charge is 0.306 e. The number of likely N-dealkylation sites (N-methyl/N-ethyl adjacent to an activating group) is 1. The highest BCUT2D eigenvalue weighted by Crippen LogP contribution is 2.62. The molecule has 0 saturated heterocycles. The third kappa shape index (κ3) is 4.08. The molecule has 240 valence electrons. The van der Waals surface area contributed by atoms with Crippen LogP contribution in [0.3, 0.4) is 0 Å². The molecule has 6 atom stereocenters. The molecule has 0 spiro atoms. The SMILES string of the molecule is C[C@H]1c2cccc(O)c2C(O)=C2C(=O)[C@@]3(O)C(O)=C(C(N)=O)C(=O)[C@H](N(C)C)[C@H]3[C@@H](OC(=O)CC34CC5CC(CC(C5)C3)C4)[C@H]21. The fraction of sp³-hybridized carbons (Fsp3) is 0.588. The number of carbonyl (C=O) groups is 4. The van der Waals surface area contributed by atoms with Gasteiger partial charge in [0.1, 0.15) is 28.9 Å². The third-order valence-electron chi connectivity index (χ3n) is 11.9. The first-order valence-electron chi connectivity index (χ1n) is 15.8. The molecule has 11 nitrogen and oxygen atoms in total. The number of phenolic OH excluding ortho intramolecular Hbond substituents is 1. The molecule has 5 fully saturated rings. The minimum atomic E-state index is -2.94. The van der Waals surface area contributed by atoms with Gasteiger partial charge in [-0.25, -0.2) is 0 Å². The second-order valence-corrected chi connectivity index (χ2v) is 14.8. The predicted octanol–water partition coefficient (Wildman–Crippen LogP) is 2.65. The van der Waals surface area contributed by atoms with Crippen molar-refractivity contribution in [1.82, 2.24) is 4.90 Å². The normalized spacial score (nSPS) is 39.9. The van der Waals surface area contributed by atoms with Crippen molar-refractivity contribution in [2.45, 2.75) is 75.5 Å². The summed E-state index contributed by atoms with van der Waals surface area (Å²) in [4.78, 5) is 56.1. The van der Waals surface area contributed by atoms with Gasteiger partial charge in [-0.2, -0.15) is 0 Å². The van der Waals surface area contributed by atoms with Crippen LogP contribution in [0.15, 0.2) is 35.1 Å². The standard InChI is InChI=1S/C34H40N2O9/c1-14-18-5-4-6-19(37)22(18)27(39)23-21(14)29(45-20(38)13-33-10-15-7-16(11-33)9-17(8-15)12-33)25-26(36(2)3)28(40)24(32(35)43)31(42)34(25,44)30(23)41/h4-6,14-17,21,25-26,29,37,39,42,44H,7-13H2,1-3H3,(H2,35,43)/t14-,15?,16?,17?,21-,25-,26+,29-,33?,34+/m0/s1. The summed E-state index contributed by atoms with van der Waals surface area (Å²) < 4.78 is 6.33. The lowest BCUT2D eigenvalue weighted by Gasteiger charge is -2.57. The van der Waals surface area contributed by atoms with Crippen LogP contribution in [0.4, 0.5) is 0 Å². The number of fused-ring (bicyclic) bond motifs is 3. The summed E-state index contributed by atoms with van der Waals surface area (Å²) in [7, 11) is 3.03. The minimum Gasteiger partial charge on any atom is -0.508 e. The molecule has 4 bridgehead atoms. The second-order valence-electron chi connectivity index (χ2n) is 14.8. The molecule has 7 aliphatic rings. The zero-order valence-corrected chi connectivity index (χ0v) is 25.7. The number of benzene rings is 1. The maximum atomic E-state index is 14.4. The first-order chi connectivity index (χ1) is 21.2. The molecule has 0 aromatic heterocycles. The fourth-order valence-electron chi connectivity index (χ4n) is 10.7. The molecule has 1 aromatic rings. The molecule has 0 heterocycles. The number of aliphatic hydroxyl groups excluding tert-OH is 2. The Kier molecular flexibility index (Phi) is 6.59. The Hall–Kier alpha value is -3.70. The lowest BCUT2D eigenvalue weighted by atomic mass is 9.49. The molecule has 6 N–H and O–H groups in total. The van der Waals surface area contributed by atoms with E-state index in [1.54, 1.807) is 19.1 Å². The number of aliphatic hydroxyl groups is 3. The van der Waals surface area contributed by atoms with Gasteiger partial charge in [-0.3, -0.25) is 24.1 Å². The van der Waals surface area contributed by atoms with Crippen molar-refractivity contribution in [2.24, 2.45) is 40.7 Å². The minimum absolute atomic E-state index is 0.0140. The Bertz CT molecular complexity index is 1570. The number of aromatic hydroxyl groups is 1. The van der Waals surface area contributed by atoms with E-state index >= 15 is 0 Å².